The molecule has 0 aromatic rings. The zero-order chi connectivity index (χ0) is 12.3. The van der Waals surface area contributed by atoms with Gasteiger partial charge >= 0.3 is 0 Å². The predicted molar refractivity (Wildman–Crippen MR) is 63.8 cm³/mol. The molecule has 2 aliphatic rings. The van der Waals surface area contributed by atoms with Crippen LogP contribution in [0.15, 0.2) is 0 Å². The minimum Gasteiger partial charge on any atom is -0.374 e. The number of rotatable bonds is 5. The van der Waals surface area contributed by atoms with Crippen LogP contribution in [-0.4, -0.2) is 62.4 Å². The summed E-state index contributed by atoms with van der Waals surface area (Å²) in [5.41, 5.74) is 0. The Labute approximate surface area is 102 Å². The van der Waals surface area contributed by atoms with Crippen molar-refractivity contribution in [3.8, 4) is 0 Å². The fraction of sp³-hybridized carbons (Fsp3) is 0.917. The zero-order valence-corrected chi connectivity index (χ0v) is 10.6. The van der Waals surface area contributed by atoms with Crippen LogP contribution in [0.5, 0.6) is 0 Å². The van der Waals surface area contributed by atoms with Crippen LogP contribution in [0, 0.1) is 5.92 Å². The second-order valence-corrected chi connectivity index (χ2v) is 4.59. The minimum absolute atomic E-state index is 0.0388. The molecule has 0 radical (unpaired) electrons. The molecule has 0 bridgehead atoms. The van der Waals surface area contributed by atoms with Gasteiger partial charge in [-0.1, -0.05) is 0 Å². The first kappa shape index (κ1) is 12.8. The molecule has 0 aliphatic carbocycles. The summed E-state index contributed by atoms with van der Waals surface area (Å²) in [4.78, 5) is 14.0. The average Bonchev–Trinajstić information content (AvgIpc) is 2.60. The predicted octanol–water partition coefficient (Wildman–Crippen LogP) is -0.142. The molecular weight excluding hydrogens is 220 g/mol. The number of ether oxygens (including phenoxy) is 2. The van der Waals surface area contributed by atoms with E-state index in [0.717, 1.165) is 13.1 Å². The Morgan fingerprint density at radius 3 is 2.06 bits per heavy atom. The lowest BCUT2D eigenvalue weighted by molar-refractivity contribution is -0.136. The van der Waals surface area contributed by atoms with Crippen molar-refractivity contribution in [2.45, 2.75) is 26.1 Å². The summed E-state index contributed by atoms with van der Waals surface area (Å²) < 4.78 is 11.3. The van der Waals surface area contributed by atoms with E-state index in [9.17, 15) is 4.79 Å². The van der Waals surface area contributed by atoms with E-state index < -0.39 is 0 Å². The Morgan fingerprint density at radius 1 is 1.18 bits per heavy atom. The second-order valence-electron chi connectivity index (χ2n) is 4.59. The number of nitrogens with one attached hydrogen (secondary N) is 1. The molecule has 98 valence electrons. The van der Waals surface area contributed by atoms with Gasteiger partial charge in [-0.2, -0.15) is 0 Å². The molecule has 0 aromatic heterocycles. The van der Waals surface area contributed by atoms with Crippen LogP contribution >= 0.6 is 0 Å². The standard InChI is InChI=1S/C12H22N2O3/c1-3-16-10-7-14(8-11(10)17-4-2)12(15)9-5-13-6-9/h9-11,13H,3-8H2,1-2H3. The largest absolute Gasteiger partial charge is 0.374 e. The molecule has 5 nitrogen and oxygen atoms in total. The highest BCUT2D eigenvalue weighted by Crippen LogP contribution is 2.20. The molecule has 1 amide bonds. The van der Waals surface area contributed by atoms with Crippen LogP contribution < -0.4 is 5.32 Å². The molecule has 2 saturated heterocycles. The van der Waals surface area contributed by atoms with Crippen molar-refractivity contribution >= 4 is 5.91 Å². The molecule has 0 saturated carbocycles. The monoisotopic (exact) mass is 242 g/mol. The van der Waals surface area contributed by atoms with Crippen LogP contribution in [0.1, 0.15) is 13.8 Å². The summed E-state index contributed by atoms with van der Waals surface area (Å²) in [5, 5.41) is 3.13. The van der Waals surface area contributed by atoms with E-state index in [4.69, 9.17) is 9.47 Å². The van der Waals surface area contributed by atoms with Gasteiger partial charge in [-0.25, -0.2) is 0 Å². The number of hydrogen-bond acceptors (Lipinski definition) is 4. The molecule has 2 atom stereocenters. The zero-order valence-electron chi connectivity index (χ0n) is 10.6. The minimum atomic E-state index is 0.0388. The van der Waals surface area contributed by atoms with Crippen molar-refractivity contribution in [2.75, 3.05) is 39.4 Å². The van der Waals surface area contributed by atoms with Gasteiger partial charge in [-0.15, -0.1) is 0 Å². The third-order valence-corrected chi connectivity index (χ3v) is 3.42. The third-order valence-electron chi connectivity index (χ3n) is 3.42. The highest BCUT2D eigenvalue weighted by Gasteiger charge is 2.39. The van der Waals surface area contributed by atoms with Crippen molar-refractivity contribution in [3.05, 3.63) is 0 Å². The van der Waals surface area contributed by atoms with Crippen LogP contribution in [0.3, 0.4) is 0 Å². The third kappa shape index (κ3) is 2.78. The van der Waals surface area contributed by atoms with Gasteiger partial charge in [0, 0.05) is 39.4 Å². The Hall–Kier alpha value is -0.650. The number of carbonyl (C=O) groups is 1. The molecular formula is C12H22N2O3. The molecule has 17 heavy (non-hydrogen) atoms. The maximum absolute atomic E-state index is 12.1. The summed E-state index contributed by atoms with van der Waals surface area (Å²) in [6.45, 7) is 8.26. The first-order valence-electron chi connectivity index (χ1n) is 6.49. The second kappa shape index (κ2) is 5.80. The summed E-state index contributed by atoms with van der Waals surface area (Å²) >= 11 is 0. The van der Waals surface area contributed by atoms with Gasteiger partial charge in [0.2, 0.25) is 5.91 Å². The molecule has 2 unspecified atom stereocenters. The molecule has 2 aliphatic heterocycles. The summed E-state index contributed by atoms with van der Waals surface area (Å²) in [6.07, 6.45) is 0.0777. The van der Waals surface area contributed by atoms with Crippen molar-refractivity contribution in [1.82, 2.24) is 10.2 Å². The van der Waals surface area contributed by atoms with E-state index in [2.05, 4.69) is 5.32 Å². The van der Waals surface area contributed by atoms with Crippen LogP contribution in [0.25, 0.3) is 0 Å². The van der Waals surface area contributed by atoms with Crippen LogP contribution in [0.4, 0.5) is 0 Å². The Bertz CT molecular complexity index is 254. The summed E-state index contributed by atoms with van der Waals surface area (Å²) in [6, 6.07) is 0. The number of nitrogens with zero attached hydrogens (tertiary/aromatic N) is 1. The molecule has 2 fully saturated rings. The summed E-state index contributed by atoms with van der Waals surface area (Å²) in [5.74, 6) is 0.410. The topological polar surface area (TPSA) is 50.8 Å². The van der Waals surface area contributed by atoms with E-state index in [0.29, 0.717) is 26.3 Å². The van der Waals surface area contributed by atoms with E-state index in [1.54, 1.807) is 0 Å². The van der Waals surface area contributed by atoms with Gasteiger partial charge in [-0.05, 0) is 13.8 Å². The summed E-state index contributed by atoms with van der Waals surface area (Å²) in [7, 11) is 0. The van der Waals surface area contributed by atoms with Gasteiger partial charge in [0.1, 0.15) is 12.2 Å². The lowest BCUT2D eigenvalue weighted by Gasteiger charge is -2.30. The van der Waals surface area contributed by atoms with E-state index >= 15 is 0 Å². The quantitative estimate of drug-likeness (QED) is 0.729. The van der Waals surface area contributed by atoms with Gasteiger partial charge < -0.3 is 19.7 Å². The normalized spacial score (nSPS) is 29.4. The Kier molecular flexibility index (Phi) is 4.36. The highest BCUT2D eigenvalue weighted by atomic mass is 16.5. The number of carbonyl (C=O) groups excluding carboxylic acids is 1. The van der Waals surface area contributed by atoms with Crippen LogP contribution in [-0.2, 0) is 14.3 Å². The number of likely N-dealkylation sites (tertiary alicyclic amines) is 1. The maximum Gasteiger partial charge on any atom is 0.228 e. The van der Waals surface area contributed by atoms with E-state index in [1.807, 2.05) is 18.7 Å². The first-order chi connectivity index (χ1) is 8.26. The lowest BCUT2D eigenvalue weighted by Crippen LogP contribution is -2.51. The average molecular weight is 242 g/mol. The highest BCUT2D eigenvalue weighted by molar-refractivity contribution is 5.80. The lowest BCUT2D eigenvalue weighted by atomic mass is 10.0. The Morgan fingerprint density at radius 2 is 1.71 bits per heavy atom. The van der Waals surface area contributed by atoms with Crippen molar-refractivity contribution in [1.29, 1.82) is 0 Å². The van der Waals surface area contributed by atoms with Crippen molar-refractivity contribution in [2.24, 2.45) is 5.92 Å². The smallest absolute Gasteiger partial charge is 0.228 e. The van der Waals surface area contributed by atoms with Crippen molar-refractivity contribution < 1.29 is 14.3 Å². The Balaban J connectivity index is 1.90. The maximum atomic E-state index is 12.1. The fourth-order valence-electron chi connectivity index (χ4n) is 2.39. The van der Waals surface area contributed by atoms with Gasteiger partial charge in [-0.3, -0.25) is 4.79 Å². The molecule has 0 aromatic carbocycles. The number of hydrogen-bond donors (Lipinski definition) is 1. The van der Waals surface area contributed by atoms with E-state index in [-0.39, 0.29) is 24.0 Å². The fourth-order valence-corrected chi connectivity index (χ4v) is 2.39. The van der Waals surface area contributed by atoms with E-state index in [1.165, 1.54) is 0 Å². The first-order valence-corrected chi connectivity index (χ1v) is 6.49. The van der Waals surface area contributed by atoms with Gasteiger partial charge in [0.25, 0.3) is 0 Å². The molecule has 1 N–H and O–H groups in total. The SMILES string of the molecule is CCOC1CN(C(=O)C2CNC2)CC1OCC. The molecule has 5 heteroatoms. The van der Waals surface area contributed by atoms with Gasteiger partial charge in [0.15, 0.2) is 0 Å². The van der Waals surface area contributed by atoms with Crippen LogP contribution in [0.2, 0.25) is 0 Å². The molecule has 2 rings (SSSR count). The molecule has 0 spiro atoms. The van der Waals surface area contributed by atoms with Gasteiger partial charge in [0.05, 0.1) is 5.92 Å². The van der Waals surface area contributed by atoms with Crippen molar-refractivity contribution in [3.63, 3.8) is 0 Å². The molecule has 2 heterocycles. The number of amides is 1.